The number of amides is 1. The predicted octanol–water partition coefficient (Wildman–Crippen LogP) is 3.85. The summed E-state index contributed by atoms with van der Waals surface area (Å²) in [4.78, 5) is 16.5. The second kappa shape index (κ2) is 10.4. The predicted molar refractivity (Wildman–Crippen MR) is 123 cm³/mol. The van der Waals surface area contributed by atoms with Gasteiger partial charge in [0, 0.05) is 5.69 Å². The molecule has 1 aromatic heterocycles. The first-order chi connectivity index (χ1) is 16.1. The molecule has 0 fully saturated rings. The minimum atomic E-state index is -0.794. The third-order valence-electron chi connectivity index (χ3n) is 4.96. The molecule has 1 heterocycles. The molecule has 3 aromatic carbocycles. The van der Waals surface area contributed by atoms with E-state index in [1.54, 1.807) is 55.6 Å². The molecular formula is C25H24N4O4. The van der Waals surface area contributed by atoms with Crippen molar-refractivity contribution in [2.75, 3.05) is 12.4 Å². The van der Waals surface area contributed by atoms with Gasteiger partial charge < -0.3 is 19.9 Å². The van der Waals surface area contributed by atoms with Crippen molar-refractivity contribution in [2.24, 2.45) is 0 Å². The Morgan fingerprint density at radius 2 is 1.70 bits per heavy atom. The maximum Gasteiger partial charge on any atom is 0.295 e. The minimum absolute atomic E-state index is 0.0151. The summed E-state index contributed by atoms with van der Waals surface area (Å²) < 4.78 is 12.3. The van der Waals surface area contributed by atoms with Crippen LogP contribution in [-0.4, -0.2) is 32.9 Å². The van der Waals surface area contributed by atoms with Crippen LogP contribution in [0.2, 0.25) is 0 Å². The van der Waals surface area contributed by atoms with Crippen molar-refractivity contribution in [1.29, 1.82) is 0 Å². The van der Waals surface area contributed by atoms with Gasteiger partial charge in [-0.15, -0.1) is 5.10 Å². The second-order valence-electron chi connectivity index (χ2n) is 7.33. The molecule has 0 bridgehead atoms. The summed E-state index contributed by atoms with van der Waals surface area (Å²) >= 11 is 0. The number of ether oxygens (including phenoxy) is 2. The number of rotatable bonds is 9. The number of nitrogens with zero attached hydrogens (tertiary/aromatic N) is 3. The lowest BCUT2D eigenvalue weighted by Crippen LogP contribution is -2.15. The molecule has 33 heavy (non-hydrogen) atoms. The Bertz CT molecular complexity index is 1180. The first-order valence-corrected chi connectivity index (χ1v) is 10.4. The molecule has 4 aromatic rings. The standard InChI is InChI=1S/C25H24N4O4/c1-32-21-11-7-19(8-12-21)23(30)15-29-17-26-24(28-29)25(31)27-20-9-13-22(14-10-20)33-16-18-5-3-2-4-6-18/h2-14,17,23,30H,15-16H2,1H3,(H,27,31). The van der Waals surface area contributed by atoms with Crippen LogP contribution in [0.5, 0.6) is 11.5 Å². The van der Waals surface area contributed by atoms with E-state index in [4.69, 9.17) is 9.47 Å². The molecule has 8 heteroatoms. The van der Waals surface area contributed by atoms with Crippen molar-refractivity contribution in [3.63, 3.8) is 0 Å². The highest BCUT2D eigenvalue weighted by atomic mass is 16.5. The molecule has 0 spiro atoms. The Balaban J connectivity index is 1.30. The lowest BCUT2D eigenvalue weighted by atomic mass is 10.1. The molecule has 1 unspecified atom stereocenters. The first-order valence-electron chi connectivity index (χ1n) is 10.4. The molecule has 0 aliphatic heterocycles. The molecule has 0 radical (unpaired) electrons. The number of hydrogen-bond donors (Lipinski definition) is 2. The van der Waals surface area contributed by atoms with Crippen molar-refractivity contribution in [3.05, 3.63) is 102 Å². The fraction of sp³-hybridized carbons (Fsp3) is 0.160. The summed E-state index contributed by atoms with van der Waals surface area (Å²) in [6.45, 7) is 0.635. The Kier molecular flexibility index (Phi) is 6.96. The van der Waals surface area contributed by atoms with Crippen LogP contribution in [0.4, 0.5) is 5.69 Å². The van der Waals surface area contributed by atoms with E-state index in [0.29, 0.717) is 29.4 Å². The number of methoxy groups -OCH3 is 1. The number of hydrogen-bond acceptors (Lipinski definition) is 6. The minimum Gasteiger partial charge on any atom is -0.497 e. The Labute approximate surface area is 191 Å². The highest BCUT2D eigenvalue weighted by Crippen LogP contribution is 2.19. The van der Waals surface area contributed by atoms with Crippen LogP contribution in [0, 0.1) is 0 Å². The molecule has 0 aliphatic carbocycles. The van der Waals surface area contributed by atoms with Crippen LogP contribution in [0.15, 0.2) is 85.2 Å². The van der Waals surface area contributed by atoms with Crippen LogP contribution in [-0.2, 0) is 13.2 Å². The summed E-state index contributed by atoms with van der Waals surface area (Å²) in [5, 5.41) is 17.4. The van der Waals surface area contributed by atoms with Crippen molar-refractivity contribution in [2.45, 2.75) is 19.3 Å². The Morgan fingerprint density at radius 3 is 2.39 bits per heavy atom. The van der Waals surface area contributed by atoms with E-state index in [9.17, 15) is 9.90 Å². The zero-order valence-electron chi connectivity index (χ0n) is 18.1. The van der Waals surface area contributed by atoms with E-state index in [1.807, 2.05) is 30.3 Å². The van der Waals surface area contributed by atoms with E-state index in [0.717, 1.165) is 5.56 Å². The van der Waals surface area contributed by atoms with Crippen LogP contribution in [0.1, 0.15) is 27.8 Å². The number of aliphatic hydroxyl groups excluding tert-OH is 1. The zero-order valence-corrected chi connectivity index (χ0v) is 18.1. The summed E-state index contributed by atoms with van der Waals surface area (Å²) in [6.07, 6.45) is 0.624. The molecule has 8 nitrogen and oxygen atoms in total. The Morgan fingerprint density at radius 1 is 1.00 bits per heavy atom. The van der Waals surface area contributed by atoms with Gasteiger partial charge >= 0.3 is 0 Å². The number of nitrogens with one attached hydrogen (secondary N) is 1. The molecule has 0 saturated heterocycles. The smallest absolute Gasteiger partial charge is 0.295 e. The fourth-order valence-electron chi connectivity index (χ4n) is 3.16. The quantitative estimate of drug-likeness (QED) is 0.407. The van der Waals surface area contributed by atoms with E-state index >= 15 is 0 Å². The van der Waals surface area contributed by atoms with Gasteiger partial charge in [-0.25, -0.2) is 9.67 Å². The molecule has 4 rings (SSSR count). The SMILES string of the molecule is COc1ccc(C(O)Cn2cnc(C(=O)Nc3ccc(OCc4ccccc4)cc3)n2)cc1. The van der Waals surface area contributed by atoms with E-state index in [1.165, 1.54) is 11.0 Å². The summed E-state index contributed by atoms with van der Waals surface area (Å²) in [5.74, 6) is 0.986. The number of aliphatic hydroxyl groups is 1. The topological polar surface area (TPSA) is 98.5 Å². The van der Waals surface area contributed by atoms with Crippen molar-refractivity contribution < 1.29 is 19.4 Å². The van der Waals surface area contributed by atoms with Gasteiger partial charge in [0.15, 0.2) is 0 Å². The largest absolute Gasteiger partial charge is 0.497 e. The first kappa shape index (κ1) is 22.0. The fourth-order valence-corrected chi connectivity index (χ4v) is 3.16. The summed E-state index contributed by atoms with van der Waals surface area (Å²) in [6, 6.07) is 24.1. The monoisotopic (exact) mass is 444 g/mol. The zero-order chi connectivity index (χ0) is 23.0. The van der Waals surface area contributed by atoms with Crippen LogP contribution in [0.3, 0.4) is 0 Å². The van der Waals surface area contributed by atoms with Gasteiger partial charge in [-0.2, -0.15) is 0 Å². The number of aromatic nitrogens is 3. The number of anilines is 1. The highest BCUT2D eigenvalue weighted by Gasteiger charge is 2.15. The van der Waals surface area contributed by atoms with Gasteiger partial charge in [-0.05, 0) is 47.5 Å². The third-order valence-corrected chi connectivity index (χ3v) is 4.96. The maximum atomic E-state index is 12.5. The molecule has 168 valence electrons. The molecule has 0 saturated carbocycles. The van der Waals surface area contributed by atoms with E-state index < -0.39 is 12.0 Å². The van der Waals surface area contributed by atoms with Crippen molar-refractivity contribution >= 4 is 11.6 Å². The highest BCUT2D eigenvalue weighted by molar-refractivity contribution is 6.01. The molecule has 0 aliphatic rings. The van der Waals surface area contributed by atoms with Gasteiger partial charge in [0.1, 0.15) is 24.4 Å². The number of benzene rings is 3. The molecule has 2 N–H and O–H groups in total. The average molecular weight is 444 g/mol. The summed E-state index contributed by atoms with van der Waals surface area (Å²) in [7, 11) is 1.58. The van der Waals surface area contributed by atoms with Crippen LogP contribution in [0.25, 0.3) is 0 Å². The Hall–Kier alpha value is -4.17. The maximum absolute atomic E-state index is 12.5. The summed E-state index contributed by atoms with van der Waals surface area (Å²) in [5.41, 5.74) is 2.39. The average Bonchev–Trinajstić information content (AvgIpc) is 3.33. The van der Waals surface area contributed by atoms with Gasteiger partial charge in [-0.3, -0.25) is 4.79 Å². The number of carbonyl (C=O) groups is 1. The van der Waals surface area contributed by atoms with E-state index in [2.05, 4.69) is 15.4 Å². The normalized spacial score (nSPS) is 11.6. The molecular weight excluding hydrogens is 420 g/mol. The van der Waals surface area contributed by atoms with Gasteiger partial charge in [0.05, 0.1) is 19.8 Å². The lowest BCUT2D eigenvalue weighted by molar-refractivity contribution is 0.101. The third kappa shape index (κ3) is 5.96. The molecule has 1 atom stereocenters. The lowest BCUT2D eigenvalue weighted by Gasteiger charge is -2.11. The van der Waals surface area contributed by atoms with Gasteiger partial charge in [0.25, 0.3) is 5.91 Å². The second-order valence-corrected chi connectivity index (χ2v) is 7.33. The van der Waals surface area contributed by atoms with Gasteiger partial charge in [-0.1, -0.05) is 42.5 Å². The van der Waals surface area contributed by atoms with Crippen molar-refractivity contribution in [3.8, 4) is 11.5 Å². The van der Waals surface area contributed by atoms with Crippen LogP contribution >= 0.6 is 0 Å². The number of carbonyl (C=O) groups excluding carboxylic acids is 1. The van der Waals surface area contributed by atoms with Crippen LogP contribution < -0.4 is 14.8 Å². The molecule has 1 amide bonds. The van der Waals surface area contributed by atoms with Gasteiger partial charge in [0.2, 0.25) is 5.82 Å². The van der Waals surface area contributed by atoms with Crippen molar-refractivity contribution in [1.82, 2.24) is 14.8 Å². The van der Waals surface area contributed by atoms with E-state index in [-0.39, 0.29) is 12.4 Å².